The number of rotatable bonds is 4. The minimum Gasteiger partial charge on any atom is -0.481 e. The molecular weight excluding hydrogens is 296 g/mol. The van der Waals surface area contributed by atoms with E-state index in [4.69, 9.17) is 0 Å². The average Bonchev–Trinajstić information content (AvgIpc) is 2.92. The Bertz CT molecular complexity index is 714. The second-order valence-corrected chi connectivity index (χ2v) is 5.88. The van der Waals surface area contributed by atoms with Crippen LogP contribution in [0.15, 0.2) is 12.1 Å². The van der Waals surface area contributed by atoms with Gasteiger partial charge >= 0.3 is 5.97 Å². The molecule has 3 N–H and O–H groups in total. The fourth-order valence-electron chi connectivity index (χ4n) is 2.73. The van der Waals surface area contributed by atoms with Gasteiger partial charge in [0.15, 0.2) is 5.82 Å². The SMILES string of the molecule is Cc1cc(Nc2cc(C)[nH]n2)nc(N2CCCC(C(=O)O)C2)n1. The number of carboxylic acid groups (broad SMARTS) is 1. The van der Waals surface area contributed by atoms with Crippen LogP contribution >= 0.6 is 0 Å². The van der Waals surface area contributed by atoms with Crippen molar-refractivity contribution in [2.45, 2.75) is 26.7 Å². The first-order valence-electron chi connectivity index (χ1n) is 7.64. The zero-order valence-corrected chi connectivity index (χ0v) is 13.2. The van der Waals surface area contributed by atoms with Crippen molar-refractivity contribution in [1.82, 2.24) is 20.2 Å². The molecular formula is C15H20N6O2. The first-order valence-corrected chi connectivity index (χ1v) is 7.64. The Kier molecular flexibility index (Phi) is 4.14. The maximum absolute atomic E-state index is 11.2. The number of carbonyl (C=O) groups is 1. The fraction of sp³-hybridized carbons (Fsp3) is 0.467. The average molecular weight is 316 g/mol. The Labute approximate surface area is 134 Å². The molecule has 3 rings (SSSR count). The number of H-pyrrole nitrogens is 1. The molecule has 1 fully saturated rings. The van der Waals surface area contributed by atoms with E-state index in [1.165, 1.54) is 0 Å². The van der Waals surface area contributed by atoms with E-state index in [2.05, 4.69) is 25.5 Å². The number of nitrogens with zero attached hydrogens (tertiary/aromatic N) is 4. The second-order valence-electron chi connectivity index (χ2n) is 5.88. The number of aryl methyl sites for hydroxylation is 2. The number of nitrogens with one attached hydrogen (secondary N) is 2. The molecule has 0 spiro atoms. The monoisotopic (exact) mass is 316 g/mol. The van der Waals surface area contributed by atoms with Crippen LogP contribution in [0.25, 0.3) is 0 Å². The van der Waals surface area contributed by atoms with Gasteiger partial charge in [0.2, 0.25) is 5.95 Å². The van der Waals surface area contributed by atoms with Gasteiger partial charge in [0.05, 0.1) is 5.92 Å². The highest BCUT2D eigenvalue weighted by molar-refractivity contribution is 5.71. The van der Waals surface area contributed by atoms with Crippen molar-refractivity contribution < 1.29 is 9.90 Å². The molecule has 3 heterocycles. The summed E-state index contributed by atoms with van der Waals surface area (Å²) in [6, 6.07) is 3.73. The van der Waals surface area contributed by atoms with Crippen LogP contribution in [-0.4, -0.2) is 44.3 Å². The van der Waals surface area contributed by atoms with Gasteiger partial charge in [-0.15, -0.1) is 0 Å². The predicted molar refractivity (Wildman–Crippen MR) is 85.9 cm³/mol. The maximum Gasteiger partial charge on any atom is 0.308 e. The lowest BCUT2D eigenvalue weighted by Gasteiger charge is -2.31. The summed E-state index contributed by atoms with van der Waals surface area (Å²) in [5.74, 6) is 0.779. The van der Waals surface area contributed by atoms with E-state index in [0.29, 0.717) is 30.5 Å². The Balaban J connectivity index is 1.81. The Morgan fingerprint density at radius 3 is 2.87 bits per heavy atom. The van der Waals surface area contributed by atoms with E-state index in [9.17, 15) is 9.90 Å². The summed E-state index contributed by atoms with van der Waals surface area (Å²) in [6.07, 6.45) is 1.53. The van der Waals surface area contributed by atoms with E-state index in [-0.39, 0.29) is 5.92 Å². The number of aromatic nitrogens is 4. The Morgan fingerprint density at radius 2 is 2.17 bits per heavy atom. The normalized spacial score (nSPS) is 18.0. The van der Waals surface area contributed by atoms with Gasteiger partial charge in [-0.1, -0.05) is 0 Å². The highest BCUT2D eigenvalue weighted by Crippen LogP contribution is 2.23. The van der Waals surface area contributed by atoms with Crippen LogP contribution in [0.5, 0.6) is 0 Å². The van der Waals surface area contributed by atoms with Gasteiger partial charge in [-0.2, -0.15) is 10.1 Å². The van der Waals surface area contributed by atoms with Crippen LogP contribution in [0.3, 0.4) is 0 Å². The number of anilines is 3. The van der Waals surface area contributed by atoms with Crippen LogP contribution < -0.4 is 10.2 Å². The van der Waals surface area contributed by atoms with Gasteiger partial charge < -0.3 is 15.3 Å². The second kappa shape index (κ2) is 6.23. The zero-order chi connectivity index (χ0) is 16.4. The highest BCUT2D eigenvalue weighted by Gasteiger charge is 2.27. The lowest BCUT2D eigenvalue weighted by Crippen LogP contribution is -2.39. The molecule has 8 heteroatoms. The molecule has 0 aliphatic carbocycles. The lowest BCUT2D eigenvalue weighted by molar-refractivity contribution is -0.141. The molecule has 122 valence electrons. The molecule has 23 heavy (non-hydrogen) atoms. The molecule has 0 radical (unpaired) electrons. The van der Waals surface area contributed by atoms with Crippen molar-refractivity contribution in [3.63, 3.8) is 0 Å². The van der Waals surface area contributed by atoms with Crippen LogP contribution in [0.4, 0.5) is 17.6 Å². The summed E-state index contributed by atoms with van der Waals surface area (Å²) in [7, 11) is 0. The van der Waals surface area contributed by atoms with Crippen LogP contribution in [0.1, 0.15) is 24.2 Å². The van der Waals surface area contributed by atoms with E-state index in [1.807, 2.05) is 30.9 Å². The van der Waals surface area contributed by atoms with Crippen LogP contribution in [0, 0.1) is 19.8 Å². The largest absolute Gasteiger partial charge is 0.481 e. The summed E-state index contributed by atoms with van der Waals surface area (Å²) in [5.41, 5.74) is 1.78. The quantitative estimate of drug-likeness (QED) is 0.790. The third-order valence-electron chi connectivity index (χ3n) is 3.86. The molecule has 1 atom stereocenters. The molecule has 0 amide bonds. The predicted octanol–water partition coefficient (Wildman–Crippen LogP) is 1.86. The first kappa shape index (κ1) is 15.3. The van der Waals surface area contributed by atoms with Crippen molar-refractivity contribution in [3.8, 4) is 0 Å². The standard InChI is InChI=1S/C15H20N6O2/c1-9-6-12(17-13-7-10(2)19-20-13)18-15(16-9)21-5-3-4-11(8-21)14(22)23/h6-7,11H,3-5,8H2,1-2H3,(H,22,23)(H2,16,17,18,19,20). The summed E-state index contributed by atoms with van der Waals surface area (Å²) in [5, 5.41) is 19.4. The third kappa shape index (κ3) is 3.58. The van der Waals surface area contributed by atoms with Gasteiger partial charge in [0.25, 0.3) is 0 Å². The molecule has 1 aliphatic rings. The number of carboxylic acids is 1. The van der Waals surface area contributed by atoms with E-state index in [0.717, 1.165) is 24.4 Å². The van der Waals surface area contributed by atoms with Crippen LogP contribution in [0.2, 0.25) is 0 Å². The summed E-state index contributed by atoms with van der Waals surface area (Å²) in [4.78, 5) is 22.1. The van der Waals surface area contributed by atoms with E-state index < -0.39 is 5.97 Å². The Morgan fingerprint density at radius 1 is 1.35 bits per heavy atom. The maximum atomic E-state index is 11.2. The van der Waals surface area contributed by atoms with E-state index >= 15 is 0 Å². The topological polar surface area (TPSA) is 107 Å². The van der Waals surface area contributed by atoms with E-state index in [1.54, 1.807) is 0 Å². The number of hydrogen-bond acceptors (Lipinski definition) is 6. The minimum absolute atomic E-state index is 0.363. The molecule has 2 aromatic rings. The number of piperidine rings is 1. The smallest absolute Gasteiger partial charge is 0.308 e. The summed E-state index contributed by atoms with van der Waals surface area (Å²) in [6.45, 7) is 5.04. The molecule has 1 unspecified atom stereocenters. The zero-order valence-electron chi connectivity index (χ0n) is 13.2. The molecule has 2 aromatic heterocycles. The van der Waals surface area contributed by atoms with Crippen molar-refractivity contribution in [1.29, 1.82) is 0 Å². The summed E-state index contributed by atoms with van der Waals surface area (Å²) >= 11 is 0. The van der Waals surface area contributed by atoms with Gasteiger partial charge in [0, 0.05) is 36.6 Å². The number of aliphatic carboxylic acids is 1. The van der Waals surface area contributed by atoms with Gasteiger partial charge in [-0.25, -0.2) is 4.98 Å². The lowest BCUT2D eigenvalue weighted by atomic mass is 9.99. The molecule has 0 aromatic carbocycles. The number of aromatic amines is 1. The fourth-order valence-corrected chi connectivity index (χ4v) is 2.73. The van der Waals surface area contributed by atoms with Gasteiger partial charge in [-0.3, -0.25) is 9.89 Å². The van der Waals surface area contributed by atoms with Crippen molar-refractivity contribution in [2.75, 3.05) is 23.3 Å². The van der Waals surface area contributed by atoms with Crippen molar-refractivity contribution in [3.05, 3.63) is 23.5 Å². The van der Waals surface area contributed by atoms with Crippen molar-refractivity contribution >= 4 is 23.6 Å². The molecule has 1 aliphatic heterocycles. The third-order valence-corrected chi connectivity index (χ3v) is 3.86. The minimum atomic E-state index is -0.757. The summed E-state index contributed by atoms with van der Waals surface area (Å²) < 4.78 is 0. The van der Waals surface area contributed by atoms with Gasteiger partial charge in [-0.05, 0) is 26.7 Å². The highest BCUT2D eigenvalue weighted by atomic mass is 16.4. The Hall–Kier alpha value is -2.64. The number of hydrogen-bond donors (Lipinski definition) is 3. The van der Waals surface area contributed by atoms with Crippen LogP contribution in [-0.2, 0) is 4.79 Å². The first-order chi connectivity index (χ1) is 11.0. The van der Waals surface area contributed by atoms with Gasteiger partial charge in [0.1, 0.15) is 5.82 Å². The molecule has 0 bridgehead atoms. The molecule has 8 nitrogen and oxygen atoms in total. The molecule has 1 saturated heterocycles. The van der Waals surface area contributed by atoms with Crippen molar-refractivity contribution in [2.24, 2.45) is 5.92 Å². The molecule has 0 saturated carbocycles.